The maximum absolute atomic E-state index is 12.2. The molecule has 22 heavy (non-hydrogen) atoms. The zero-order chi connectivity index (χ0) is 15.7. The molecule has 8 heteroatoms. The molecule has 0 unspecified atom stereocenters. The topological polar surface area (TPSA) is 92.3 Å². The summed E-state index contributed by atoms with van der Waals surface area (Å²) in [4.78, 5) is 27.8. The minimum Gasteiger partial charge on any atom is -0.497 e. The number of aromatic nitrogens is 1. The number of hydrogen-bond donors (Lipinski definition) is 0. The van der Waals surface area contributed by atoms with Crippen molar-refractivity contribution in [2.45, 2.75) is 6.54 Å². The van der Waals surface area contributed by atoms with Gasteiger partial charge in [-0.25, -0.2) is 9.36 Å². The number of hydrogen-bond acceptors (Lipinski definition) is 7. The van der Waals surface area contributed by atoms with Crippen molar-refractivity contribution in [3.8, 4) is 11.5 Å². The first-order valence-corrected chi connectivity index (χ1v) is 6.33. The second-order valence-electron chi connectivity index (χ2n) is 4.45. The molecule has 0 atom stereocenters. The molecule has 3 rings (SSSR count). The average molecular weight is 304 g/mol. The molecule has 0 saturated carbocycles. The lowest BCUT2D eigenvalue weighted by Crippen LogP contribution is -2.37. The van der Waals surface area contributed by atoms with Crippen molar-refractivity contribution in [3.63, 3.8) is 0 Å². The fraction of sp³-hybridized carbons (Fsp3) is 0.214. The normalized spacial score (nSPS) is 14.1. The molecule has 0 aliphatic carbocycles. The molecule has 2 aromatic rings. The van der Waals surface area contributed by atoms with Gasteiger partial charge in [0.2, 0.25) is 0 Å². The van der Waals surface area contributed by atoms with E-state index in [2.05, 4.69) is 9.99 Å². The molecule has 0 radical (unpaired) electrons. The minimum atomic E-state index is -0.621. The van der Waals surface area contributed by atoms with Gasteiger partial charge in [-0.3, -0.25) is 4.79 Å². The molecule has 0 spiro atoms. The molecule has 0 amide bonds. The molecule has 0 bridgehead atoms. The first kappa shape index (κ1) is 13.9. The number of ether oxygens (including phenoxy) is 2. The number of rotatable bonds is 3. The van der Waals surface area contributed by atoms with Gasteiger partial charge in [0.1, 0.15) is 18.0 Å². The van der Waals surface area contributed by atoms with Gasteiger partial charge >= 0.3 is 11.7 Å². The van der Waals surface area contributed by atoms with E-state index in [4.69, 9.17) is 13.9 Å². The molecule has 1 aromatic heterocycles. The zero-order valence-electron chi connectivity index (χ0n) is 11.9. The van der Waals surface area contributed by atoms with Crippen molar-refractivity contribution in [2.75, 3.05) is 14.2 Å². The van der Waals surface area contributed by atoms with Crippen LogP contribution in [0.2, 0.25) is 0 Å². The van der Waals surface area contributed by atoms with Crippen LogP contribution < -0.4 is 26.1 Å². The van der Waals surface area contributed by atoms with E-state index in [1.54, 1.807) is 25.3 Å². The number of methoxy groups -OCH3 is 2. The molecule has 0 N–H and O–H groups in total. The van der Waals surface area contributed by atoms with Crippen molar-refractivity contribution >= 4 is 12.0 Å². The van der Waals surface area contributed by atoms with E-state index in [1.807, 2.05) is 0 Å². The van der Waals surface area contributed by atoms with Crippen LogP contribution in [0, 0.1) is 0 Å². The minimum absolute atomic E-state index is 0.0283. The van der Waals surface area contributed by atoms with Gasteiger partial charge in [-0.2, -0.15) is 0 Å². The highest BCUT2D eigenvalue weighted by atomic mass is 16.7. The summed E-state index contributed by atoms with van der Waals surface area (Å²) in [5, 5.41) is 3.44. The second-order valence-corrected chi connectivity index (χ2v) is 4.45. The summed E-state index contributed by atoms with van der Waals surface area (Å²) in [6, 6.07) is 5.14. The van der Waals surface area contributed by atoms with Crippen molar-refractivity contribution in [3.05, 3.63) is 45.2 Å². The Hall–Kier alpha value is -3.03. The van der Waals surface area contributed by atoms with Crippen LogP contribution in [0.5, 0.6) is 11.5 Å². The van der Waals surface area contributed by atoms with Crippen molar-refractivity contribution in [1.29, 1.82) is 0 Å². The van der Waals surface area contributed by atoms with Gasteiger partial charge in [0.05, 0.1) is 14.2 Å². The van der Waals surface area contributed by atoms with Gasteiger partial charge in [0.15, 0.2) is 5.42 Å². The molecular weight excluding hydrogens is 292 g/mol. The molecule has 1 aliphatic rings. The number of oxazole rings is 1. The Morgan fingerprint density at radius 3 is 2.82 bits per heavy atom. The molecular formula is C14H12N2O6. The predicted molar refractivity (Wildman–Crippen MR) is 73.0 cm³/mol. The largest absolute Gasteiger partial charge is 0.497 e. The average Bonchev–Trinajstić information content (AvgIpc) is 2.84. The first-order chi connectivity index (χ1) is 10.6. The summed E-state index contributed by atoms with van der Waals surface area (Å²) < 4.78 is 16.8. The van der Waals surface area contributed by atoms with Crippen LogP contribution in [0.4, 0.5) is 0 Å². The SMILES string of the molecule is COc1ccc(C=c2oc3n(c2=O)CC(=O)ON=3)c(OC)c1. The highest BCUT2D eigenvalue weighted by Crippen LogP contribution is 2.24. The maximum Gasteiger partial charge on any atom is 0.355 e. The molecule has 8 nitrogen and oxygen atoms in total. The first-order valence-electron chi connectivity index (χ1n) is 6.33. The van der Waals surface area contributed by atoms with E-state index in [0.29, 0.717) is 17.1 Å². The van der Waals surface area contributed by atoms with Crippen LogP contribution in [0.15, 0.2) is 32.6 Å². The van der Waals surface area contributed by atoms with Crippen LogP contribution in [-0.4, -0.2) is 24.8 Å². The van der Waals surface area contributed by atoms with Crippen LogP contribution in [0.1, 0.15) is 5.56 Å². The summed E-state index contributed by atoms with van der Waals surface area (Å²) >= 11 is 0. The molecule has 2 heterocycles. The summed E-state index contributed by atoms with van der Waals surface area (Å²) in [6.45, 7) is -0.227. The van der Waals surface area contributed by atoms with Gasteiger partial charge in [-0.05, 0) is 23.4 Å². The highest BCUT2D eigenvalue weighted by Gasteiger charge is 2.18. The van der Waals surface area contributed by atoms with E-state index in [0.717, 1.165) is 4.57 Å². The Morgan fingerprint density at radius 2 is 2.09 bits per heavy atom. The number of fused-ring (bicyclic) bond motifs is 1. The Bertz CT molecular complexity index is 908. The van der Waals surface area contributed by atoms with Gasteiger partial charge in [0, 0.05) is 11.6 Å². The fourth-order valence-corrected chi connectivity index (χ4v) is 2.04. The fourth-order valence-electron chi connectivity index (χ4n) is 2.04. The van der Waals surface area contributed by atoms with Crippen molar-refractivity contribution in [1.82, 2.24) is 4.57 Å². The van der Waals surface area contributed by atoms with Crippen LogP contribution in [-0.2, 0) is 16.2 Å². The van der Waals surface area contributed by atoms with Gasteiger partial charge in [-0.1, -0.05) is 0 Å². The van der Waals surface area contributed by atoms with E-state index in [1.165, 1.54) is 13.2 Å². The monoisotopic (exact) mass is 304 g/mol. The zero-order valence-corrected chi connectivity index (χ0v) is 11.9. The Balaban J connectivity index is 2.15. The Kier molecular flexibility index (Phi) is 3.42. The number of nitrogens with zero attached hydrogens (tertiary/aromatic N) is 2. The number of benzene rings is 1. The lowest BCUT2D eigenvalue weighted by molar-refractivity contribution is -0.147. The standard InChI is InChI=1S/C14H12N2O6/c1-19-9-4-3-8(10(6-9)20-2)5-11-13(18)16-7-12(17)22-15-14(16)21-11/h3-6H,7H2,1-2H3. The van der Waals surface area contributed by atoms with E-state index < -0.39 is 11.5 Å². The van der Waals surface area contributed by atoms with Gasteiger partial charge in [-0.15, -0.1) is 0 Å². The van der Waals surface area contributed by atoms with E-state index in [9.17, 15) is 9.59 Å². The van der Waals surface area contributed by atoms with E-state index >= 15 is 0 Å². The third-order valence-corrected chi connectivity index (χ3v) is 3.13. The molecule has 0 fully saturated rings. The Morgan fingerprint density at radius 1 is 1.27 bits per heavy atom. The molecule has 1 aliphatic heterocycles. The number of carbonyl (C=O) groups is 1. The van der Waals surface area contributed by atoms with E-state index in [-0.39, 0.29) is 17.6 Å². The highest BCUT2D eigenvalue weighted by molar-refractivity contribution is 5.69. The second kappa shape index (κ2) is 5.40. The summed E-state index contributed by atoms with van der Waals surface area (Å²) in [7, 11) is 3.05. The lowest BCUT2D eigenvalue weighted by atomic mass is 10.2. The molecule has 0 saturated heterocycles. The lowest BCUT2D eigenvalue weighted by Gasteiger charge is -2.06. The van der Waals surface area contributed by atoms with Gasteiger partial charge in [0.25, 0.3) is 5.56 Å². The van der Waals surface area contributed by atoms with Crippen LogP contribution >= 0.6 is 0 Å². The third-order valence-electron chi connectivity index (χ3n) is 3.13. The third kappa shape index (κ3) is 2.34. The van der Waals surface area contributed by atoms with Gasteiger partial charge < -0.3 is 18.7 Å². The smallest absolute Gasteiger partial charge is 0.355 e. The summed E-state index contributed by atoms with van der Waals surface area (Å²) in [6.07, 6.45) is 1.51. The predicted octanol–water partition coefficient (Wildman–Crippen LogP) is -0.621. The molecule has 1 aromatic carbocycles. The molecule has 114 valence electrons. The Labute approximate surface area is 123 Å². The summed E-state index contributed by atoms with van der Waals surface area (Å²) in [5.74, 6) is 0.518. The van der Waals surface area contributed by atoms with Crippen LogP contribution in [0.25, 0.3) is 6.08 Å². The van der Waals surface area contributed by atoms with Crippen LogP contribution in [0.3, 0.4) is 0 Å². The summed E-state index contributed by atoms with van der Waals surface area (Å²) in [5.41, 5.74) is 0.136. The maximum atomic E-state index is 12.2. The van der Waals surface area contributed by atoms with Crippen molar-refractivity contribution in [2.24, 2.45) is 5.16 Å². The van der Waals surface area contributed by atoms with Crippen molar-refractivity contribution < 1.29 is 23.5 Å². The quantitative estimate of drug-likeness (QED) is 0.702. The number of carbonyl (C=O) groups excluding carboxylic acids is 1.